The Balaban J connectivity index is 2.64. The molecule has 0 aromatic heterocycles. The van der Waals surface area contributed by atoms with E-state index in [-0.39, 0.29) is 0 Å². The second kappa shape index (κ2) is 2.91. The zero-order valence-electron chi connectivity index (χ0n) is 5.23. The number of carboxylic acid groups (broad SMARTS) is 1. The topological polar surface area (TPSA) is 49.8 Å². The highest BCUT2D eigenvalue weighted by Gasteiger charge is 2.03. The van der Waals surface area contributed by atoms with Crippen LogP contribution in [0, 0.1) is 0 Å². The molecule has 10 heavy (non-hydrogen) atoms. The highest BCUT2D eigenvalue weighted by atomic mass is 16.5. The fourth-order valence-electron chi connectivity index (χ4n) is 0.554. The monoisotopic (exact) mass is 141 g/mol. The molecular weight excluding hydrogens is 134 g/mol. The van der Waals surface area contributed by atoms with Crippen molar-refractivity contribution in [3.8, 4) is 0 Å². The number of hydrogen-bond acceptors (Lipinski definition) is 2. The Morgan fingerprint density at radius 3 is 3.10 bits per heavy atom. The number of hydrogen-bond donors (Lipinski definition) is 1. The van der Waals surface area contributed by atoms with Crippen molar-refractivity contribution in [3.05, 3.63) is 24.7 Å². The van der Waals surface area contributed by atoms with Crippen molar-refractivity contribution in [2.24, 2.45) is 0 Å². The fraction of sp³-hybridized carbons (Fsp3) is 0.167. The largest absolute Gasteiger partial charge is 0.496 e. The van der Waals surface area contributed by atoms with Gasteiger partial charge in [-0.2, -0.15) is 0 Å². The molecule has 54 valence electrons. The Hall–Kier alpha value is -1.45. The van der Waals surface area contributed by atoms with Crippen LogP contribution in [0.3, 0.4) is 0 Å². The van der Waals surface area contributed by atoms with E-state index in [1.807, 2.05) is 0 Å². The number of ether oxygens (including phenoxy) is 1. The maximum absolute atomic E-state index is 10.3. The molecule has 1 aliphatic rings. The third-order valence-corrected chi connectivity index (χ3v) is 0.997. The highest BCUT2D eigenvalue weighted by molar-refractivity contribution is 5.67. The first kappa shape index (κ1) is 6.67. The van der Waals surface area contributed by atoms with E-state index in [9.17, 15) is 4.79 Å². The summed E-state index contributed by atoms with van der Waals surface area (Å²) in [5.74, 6) is 0. The highest BCUT2D eigenvalue weighted by Crippen LogP contribution is 1.97. The summed E-state index contributed by atoms with van der Waals surface area (Å²) in [6.07, 6.45) is 4.72. The lowest BCUT2D eigenvalue weighted by Gasteiger charge is -2.03. The zero-order chi connectivity index (χ0) is 7.40. The van der Waals surface area contributed by atoms with Gasteiger partial charge in [0, 0.05) is 12.4 Å². The molecule has 4 heteroatoms. The third-order valence-electron chi connectivity index (χ3n) is 0.997. The molecule has 0 fully saturated rings. The summed E-state index contributed by atoms with van der Waals surface area (Å²) in [6, 6.07) is 0. The molecule has 1 amide bonds. The van der Waals surface area contributed by atoms with Crippen LogP contribution in [0.15, 0.2) is 24.7 Å². The molecule has 0 aliphatic carbocycles. The first-order valence-corrected chi connectivity index (χ1v) is 2.77. The second-order valence-electron chi connectivity index (χ2n) is 1.69. The molecule has 0 saturated heterocycles. The van der Waals surface area contributed by atoms with Gasteiger partial charge in [-0.25, -0.2) is 4.79 Å². The predicted molar refractivity (Wildman–Crippen MR) is 34.1 cm³/mol. The quantitative estimate of drug-likeness (QED) is 0.547. The minimum atomic E-state index is -1.02. The van der Waals surface area contributed by atoms with Gasteiger partial charge in [0.1, 0.15) is 12.9 Å². The summed E-state index contributed by atoms with van der Waals surface area (Å²) in [4.78, 5) is 11.3. The van der Waals surface area contributed by atoms with E-state index in [2.05, 4.69) is 0 Å². The zero-order valence-corrected chi connectivity index (χ0v) is 5.23. The molecule has 0 saturated carbocycles. The van der Waals surface area contributed by atoms with E-state index in [1.54, 1.807) is 6.08 Å². The molecule has 0 aromatic rings. The summed E-state index contributed by atoms with van der Waals surface area (Å²) < 4.78 is 4.80. The SMILES string of the molecule is O=C(O)N1C=CCOC=C1. The van der Waals surface area contributed by atoms with Crippen molar-refractivity contribution >= 4 is 6.09 Å². The van der Waals surface area contributed by atoms with Crippen LogP contribution in [0.4, 0.5) is 4.79 Å². The van der Waals surface area contributed by atoms with E-state index < -0.39 is 6.09 Å². The first-order valence-electron chi connectivity index (χ1n) is 2.77. The third kappa shape index (κ3) is 1.51. The van der Waals surface area contributed by atoms with Crippen LogP contribution >= 0.6 is 0 Å². The van der Waals surface area contributed by atoms with Crippen LogP contribution in [0.5, 0.6) is 0 Å². The van der Waals surface area contributed by atoms with Gasteiger partial charge in [-0.15, -0.1) is 0 Å². The van der Waals surface area contributed by atoms with Crippen LogP contribution in [-0.4, -0.2) is 22.7 Å². The Labute approximate surface area is 58.0 Å². The standard InChI is InChI=1S/C6H7NO3/c8-6(9)7-2-1-4-10-5-3-7/h1-3,5H,4H2,(H,8,9). The summed E-state index contributed by atoms with van der Waals surface area (Å²) in [5.41, 5.74) is 0. The van der Waals surface area contributed by atoms with Crippen LogP contribution in [0.1, 0.15) is 0 Å². The van der Waals surface area contributed by atoms with Gasteiger partial charge >= 0.3 is 6.09 Å². The second-order valence-corrected chi connectivity index (χ2v) is 1.69. The molecule has 0 unspecified atom stereocenters. The average Bonchev–Trinajstić information content (AvgIpc) is 2.12. The van der Waals surface area contributed by atoms with Crippen LogP contribution in [-0.2, 0) is 4.74 Å². The van der Waals surface area contributed by atoms with Crippen LogP contribution < -0.4 is 0 Å². The van der Waals surface area contributed by atoms with Crippen molar-refractivity contribution in [3.63, 3.8) is 0 Å². The van der Waals surface area contributed by atoms with Crippen LogP contribution in [0.25, 0.3) is 0 Å². The van der Waals surface area contributed by atoms with Crippen molar-refractivity contribution in [2.75, 3.05) is 6.61 Å². The van der Waals surface area contributed by atoms with E-state index in [4.69, 9.17) is 9.84 Å². The molecule has 1 aliphatic heterocycles. The Morgan fingerprint density at radius 2 is 2.40 bits per heavy atom. The number of amides is 1. The van der Waals surface area contributed by atoms with Crippen molar-refractivity contribution in [1.29, 1.82) is 0 Å². The molecule has 0 atom stereocenters. The summed E-state index contributed by atoms with van der Waals surface area (Å²) >= 11 is 0. The Bertz CT molecular complexity index is 171. The molecule has 4 nitrogen and oxygen atoms in total. The minimum Gasteiger partial charge on any atom is -0.496 e. The van der Waals surface area contributed by atoms with Gasteiger partial charge in [0.15, 0.2) is 0 Å². The number of rotatable bonds is 0. The normalized spacial score (nSPS) is 16.2. The van der Waals surface area contributed by atoms with Gasteiger partial charge < -0.3 is 9.84 Å². The molecule has 1 N–H and O–H groups in total. The van der Waals surface area contributed by atoms with Gasteiger partial charge in [0.05, 0.1) is 0 Å². The Kier molecular flexibility index (Phi) is 1.94. The maximum Gasteiger partial charge on any atom is 0.415 e. The molecule has 0 bridgehead atoms. The van der Waals surface area contributed by atoms with Gasteiger partial charge in [-0.05, 0) is 6.08 Å². The summed E-state index contributed by atoms with van der Waals surface area (Å²) in [6.45, 7) is 0.417. The van der Waals surface area contributed by atoms with Crippen molar-refractivity contribution in [2.45, 2.75) is 0 Å². The van der Waals surface area contributed by atoms with Gasteiger partial charge in [-0.3, -0.25) is 4.90 Å². The smallest absolute Gasteiger partial charge is 0.415 e. The van der Waals surface area contributed by atoms with E-state index in [0.29, 0.717) is 6.61 Å². The molecule has 1 heterocycles. The molecule has 1 rings (SSSR count). The summed E-state index contributed by atoms with van der Waals surface area (Å²) in [7, 11) is 0. The van der Waals surface area contributed by atoms with Crippen LogP contribution in [0.2, 0.25) is 0 Å². The van der Waals surface area contributed by atoms with E-state index in [1.165, 1.54) is 18.7 Å². The lowest BCUT2D eigenvalue weighted by Crippen LogP contribution is -2.16. The van der Waals surface area contributed by atoms with Gasteiger partial charge in [0.2, 0.25) is 0 Å². The fourth-order valence-corrected chi connectivity index (χ4v) is 0.554. The molecule has 0 aromatic carbocycles. The Morgan fingerprint density at radius 1 is 1.60 bits per heavy atom. The van der Waals surface area contributed by atoms with Gasteiger partial charge in [-0.1, -0.05) is 0 Å². The minimum absolute atomic E-state index is 0.417. The van der Waals surface area contributed by atoms with E-state index >= 15 is 0 Å². The molecule has 0 spiro atoms. The summed E-state index contributed by atoms with van der Waals surface area (Å²) in [5, 5.41) is 8.43. The predicted octanol–water partition coefficient (Wildman–Crippen LogP) is 0.981. The average molecular weight is 141 g/mol. The number of nitrogens with zero attached hydrogens (tertiary/aromatic N) is 1. The number of carbonyl (C=O) groups is 1. The molecular formula is C6H7NO3. The van der Waals surface area contributed by atoms with Gasteiger partial charge in [0.25, 0.3) is 0 Å². The van der Waals surface area contributed by atoms with E-state index in [0.717, 1.165) is 4.90 Å². The maximum atomic E-state index is 10.3. The van der Waals surface area contributed by atoms with Crippen molar-refractivity contribution in [1.82, 2.24) is 4.90 Å². The molecule has 0 radical (unpaired) electrons. The lowest BCUT2D eigenvalue weighted by molar-refractivity contribution is 0.175. The first-order chi connectivity index (χ1) is 4.80. The lowest BCUT2D eigenvalue weighted by atomic mass is 10.6. The van der Waals surface area contributed by atoms with Crippen molar-refractivity contribution < 1.29 is 14.6 Å².